The van der Waals surface area contributed by atoms with Crippen molar-refractivity contribution in [1.29, 1.82) is 0 Å². The average Bonchev–Trinajstić information content (AvgIpc) is 2.42. The first kappa shape index (κ1) is 9.65. The number of aromatic nitrogens is 4. The predicted molar refractivity (Wildman–Crippen MR) is 70.0 cm³/mol. The van der Waals surface area contributed by atoms with Gasteiger partial charge in [-0.1, -0.05) is 12.2 Å². The molecule has 0 bridgehead atoms. The van der Waals surface area contributed by atoms with Gasteiger partial charge in [-0.3, -0.25) is 9.97 Å². The summed E-state index contributed by atoms with van der Waals surface area (Å²) < 4.78 is 0. The fourth-order valence-corrected chi connectivity index (χ4v) is 2.28. The Hall–Kier alpha value is -2.36. The van der Waals surface area contributed by atoms with E-state index >= 15 is 0 Å². The summed E-state index contributed by atoms with van der Waals surface area (Å²) in [7, 11) is 0. The molecule has 2 aromatic heterocycles. The van der Waals surface area contributed by atoms with Crippen LogP contribution in [0.15, 0.2) is 24.5 Å². The van der Waals surface area contributed by atoms with Crippen LogP contribution in [0.3, 0.4) is 0 Å². The first-order chi connectivity index (χ1) is 8.90. The minimum absolute atomic E-state index is 0.860. The molecule has 0 aliphatic heterocycles. The molecule has 0 unspecified atom stereocenters. The van der Waals surface area contributed by atoms with Gasteiger partial charge < -0.3 is 0 Å². The van der Waals surface area contributed by atoms with Gasteiger partial charge in [0, 0.05) is 12.4 Å². The Labute approximate surface area is 103 Å². The molecule has 1 aromatic carbocycles. The van der Waals surface area contributed by atoms with Gasteiger partial charge in [0.05, 0.1) is 32.8 Å². The van der Waals surface area contributed by atoms with E-state index in [-0.39, 0.29) is 0 Å². The second kappa shape index (κ2) is 3.57. The van der Waals surface area contributed by atoms with E-state index in [0.29, 0.717) is 0 Å². The Kier molecular flexibility index (Phi) is 1.91. The van der Waals surface area contributed by atoms with E-state index in [1.807, 2.05) is 12.1 Å². The molecule has 0 radical (unpaired) electrons. The van der Waals surface area contributed by atoms with Crippen LogP contribution in [0.1, 0.15) is 12.8 Å². The maximum atomic E-state index is 4.65. The summed E-state index contributed by atoms with van der Waals surface area (Å²) in [6, 6.07) is 3.90. The standard InChI is InChI=1S/C14H10N4/c1-2-4-10-9(3-1)17-13-7-11-12(8-14(13)18-10)16-6-5-15-11/h3-8H,1-2H2. The number of fused-ring (bicyclic) bond motifs is 3. The van der Waals surface area contributed by atoms with Crippen LogP contribution in [0, 0.1) is 0 Å². The molecule has 0 spiro atoms. The summed E-state index contributed by atoms with van der Waals surface area (Å²) in [4.78, 5) is 17.9. The van der Waals surface area contributed by atoms with Crippen LogP contribution in [0.5, 0.6) is 0 Å². The van der Waals surface area contributed by atoms with Gasteiger partial charge >= 0.3 is 0 Å². The van der Waals surface area contributed by atoms with Crippen LogP contribution in [0.25, 0.3) is 34.2 Å². The highest BCUT2D eigenvalue weighted by molar-refractivity contribution is 5.90. The van der Waals surface area contributed by atoms with E-state index in [9.17, 15) is 0 Å². The smallest absolute Gasteiger partial charge is 0.0917 e. The van der Waals surface area contributed by atoms with Crippen LogP contribution >= 0.6 is 0 Å². The Bertz CT molecular complexity index is 809. The van der Waals surface area contributed by atoms with Crippen molar-refractivity contribution in [2.24, 2.45) is 0 Å². The highest BCUT2D eigenvalue weighted by Crippen LogP contribution is 2.14. The lowest BCUT2D eigenvalue weighted by Gasteiger charge is -2.02. The van der Waals surface area contributed by atoms with E-state index in [1.165, 1.54) is 0 Å². The van der Waals surface area contributed by atoms with Gasteiger partial charge in [0.25, 0.3) is 0 Å². The van der Waals surface area contributed by atoms with E-state index in [0.717, 1.165) is 45.6 Å². The molecule has 0 saturated heterocycles. The minimum Gasteiger partial charge on any atom is -0.253 e. The molecule has 2 heterocycles. The molecule has 0 amide bonds. The summed E-state index contributed by atoms with van der Waals surface area (Å²) in [6.45, 7) is 0. The molecule has 4 heteroatoms. The zero-order valence-electron chi connectivity index (χ0n) is 9.67. The molecule has 1 aliphatic rings. The third-order valence-corrected chi connectivity index (χ3v) is 3.15. The molecular weight excluding hydrogens is 224 g/mol. The molecule has 0 N–H and O–H groups in total. The number of nitrogens with zero attached hydrogens (tertiary/aromatic N) is 4. The molecule has 0 atom stereocenters. The second-order valence-corrected chi connectivity index (χ2v) is 4.37. The molecular formula is C14H10N4. The average molecular weight is 234 g/mol. The monoisotopic (exact) mass is 234 g/mol. The highest BCUT2D eigenvalue weighted by atomic mass is 14.8. The van der Waals surface area contributed by atoms with Gasteiger partial charge in [0.1, 0.15) is 0 Å². The van der Waals surface area contributed by atoms with Crippen molar-refractivity contribution < 1.29 is 0 Å². The molecule has 4 rings (SSSR count). The topological polar surface area (TPSA) is 51.6 Å². The fourth-order valence-electron chi connectivity index (χ4n) is 2.28. The summed E-state index contributed by atoms with van der Waals surface area (Å²) in [5, 5.41) is 1.97. The van der Waals surface area contributed by atoms with Gasteiger partial charge in [-0.05, 0) is 25.0 Å². The maximum Gasteiger partial charge on any atom is 0.0917 e. The lowest BCUT2D eigenvalue weighted by Crippen LogP contribution is -2.33. The Morgan fingerprint density at radius 2 is 1.17 bits per heavy atom. The molecule has 18 heavy (non-hydrogen) atoms. The van der Waals surface area contributed by atoms with Gasteiger partial charge in [-0.2, -0.15) is 0 Å². The van der Waals surface area contributed by atoms with Crippen molar-refractivity contribution in [2.45, 2.75) is 12.8 Å². The molecule has 0 fully saturated rings. The zero-order valence-corrected chi connectivity index (χ0v) is 9.67. The number of rotatable bonds is 0. The fraction of sp³-hybridized carbons (Fsp3) is 0.143. The van der Waals surface area contributed by atoms with Crippen molar-refractivity contribution in [3.05, 3.63) is 35.2 Å². The predicted octanol–water partition coefficient (Wildman–Crippen LogP) is 0.928. The van der Waals surface area contributed by atoms with Crippen molar-refractivity contribution >= 4 is 34.2 Å². The normalized spacial score (nSPS) is 14.0. The van der Waals surface area contributed by atoms with Crippen LogP contribution in [0.2, 0.25) is 0 Å². The van der Waals surface area contributed by atoms with Crippen LogP contribution in [-0.2, 0) is 0 Å². The number of hydrogen-bond acceptors (Lipinski definition) is 4. The summed E-state index contributed by atoms with van der Waals surface area (Å²) in [6.07, 6.45) is 9.76. The van der Waals surface area contributed by atoms with Gasteiger partial charge in [0.15, 0.2) is 0 Å². The Morgan fingerprint density at radius 1 is 0.667 bits per heavy atom. The third kappa shape index (κ3) is 1.39. The molecule has 3 aromatic rings. The van der Waals surface area contributed by atoms with Crippen LogP contribution in [0.4, 0.5) is 0 Å². The SMILES string of the molecule is C1=c2nc3cc4nccnc4cc3nc2=CCC1. The maximum absolute atomic E-state index is 4.65. The Morgan fingerprint density at radius 3 is 1.67 bits per heavy atom. The largest absolute Gasteiger partial charge is 0.253 e. The third-order valence-electron chi connectivity index (χ3n) is 3.15. The first-order valence-electron chi connectivity index (χ1n) is 5.99. The molecule has 0 saturated carbocycles. The summed E-state index contributed by atoms with van der Waals surface area (Å²) in [5.41, 5.74) is 3.49. The van der Waals surface area contributed by atoms with E-state index in [1.54, 1.807) is 12.4 Å². The van der Waals surface area contributed by atoms with Crippen molar-refractivity contribution in [3.8, 4) is 0 Å². The van der Waals surface area contributed by atoms with E-state index in [2.05, 4.69) is 32.1 Å². The lowest BCUT2D eigenvalue weighted by molar-refractivity contribution is 1.05. The quantitative estimate of drug-likeness (QED) is 0.543. The van der Waals surface area contributed by atoms with Gasteiger partial charge in [-0.25, -0.2) is 9.97 Å². The molecule has 1 aliphatic carbocycles. The van der Waals surface area contributed by atoms with Crippen molar-refractivity contribution in [1.82, 2.24) is 19.9 Å². The highest BCUT2D eigenvalue weighted by Gasteiger charge is 2.04. The van der Waals surface area contributed by atoms with E-state index < -0.39 is 0 Å². The number of hydrogen-bond donors (Lipinski definition) is 0. The lowest BCUT2D eigenvalue weighted by atomic mass is 10.2. The van der Waals surface area contributed by atoms with Crippen molar-refractivity contribution in [3.63, 3.8) is 0 Å². The zero-order chi connectivity index (χ0) is 11.9. The van der Waals surface area contributed by atoms with Gasteiger partial charge in [0.2, 0.25) is 0 Å². The first-order valence-corrected chi connectivity index (χ1v) is 5.99. The van der Waals surface area contributed by atoms with Crippen LogP contribution in [-0.4, -0.2) is 19.9 Å². The Balaban J connectivity index is 2.19. The summed E-state index contributed by atoms with van der Waals surface area (Å²) >= 11 is 0. The second-order valence-electron chi connectivity index (χ2n) is 4.37. The van der Waals surface area contributed by atoms with Crippen molar-refractivity contribution in [2.75, 3.05) is 0 Å². The molecule has 4 nitrogen and oxygen atoms in total. The van der Waals surface area contributed by atoms with Gasteiger partial charge in [-0.15, -0.1) is 0 Å². The summed E-state index contributed by atoms with van der Waals surface area (Å²) in [5.74, 6) is 0. The molecule has 86 valence electrons. The van der Waals surface area contributed by atoms with Crippen LogP contribution < -0.4 is 10.7 Å². The number of benzene rings is 1. The minimum atomic E-state index is 0.860. The van der Waals surface area contributed by atoms with E-state index in [4.69, 9.17) is 0 Å².